The summed E-state index contributed by atoms with van der Waals surface area (Å²) in [6.07, 6.45) is 0. The van der Waals surface area contributed by atoms with E-state index in [9.17, 15) is 8.78 Å². The van der Waals surface area contributed by atoms with Gasteiger partial charge in [-0.05, 0) is 39.3 Å². The molecule has 0 bridgehead atoms. The molecule has 0 atom stereocenters. The van der Waals surface area contributed by atoms with E-state index in [0.29, 0.717) is 12.1 Å². The Morgan fingerprint density at radius 1 is 1.20 bits per heavy atom. The number of benzene rings is 1. The lowest BCUT2D eigenvalue weighted by molar-refractivity contribution is 0.383. The number of nitrogens with zero attached hydrogens (tertiary/aromatic N) is 2. The van der Waals surface area contributed by atoms with Crippen LogP contribution in [0.4, 0.5) is 8.78 Å². The number of aromatic nitrogens is 2. The average molecular weight is 281 g/mol. The van der Waals surface area contributed by atoms with Crippen LogP contribution in [0.2, 0.25) is 0 Å². The Morgan fingerprint density at radius 3 is 2.55 bits per heavy atom. The van der Waals surface area contributed by atoms with Crippen molar-refractivity contribution in [3.8, 4) is 11.5 Å². The molecule has 108 valence electrons. The summed E-state index contributed by atoms with van der Waals surface area (Å²) in [6.45, 7) is 7.86. The molecule has 20 heavy (non-hydrogen) atoms. The van der Waals surface area contributed by atoms with Crippen molar-refractivity contribution < 1.29 is 13.2 Å². The Hall–Kier alpha value is -1.82. The second-order valence-corrected chi connectivity index (χ2v) is 5.66. The molecule has 4 nitrogen and oxygen atoms in total. The molecule has 2 rings (SSSR count). The van der Waals surface area contributed by atoms with E-state index < -0.39 is 11.6 Å². The molecule has 2 aromatic rings. The standard InChI is InChI=1S/C14H17F2N3O/c1-8-5-6-9(15)11(12(8)16)13-19-18-10(20-13)7-17-14(2,3)4/h5-6,17H,7H2,1-4H3. The van der Waals surface area contributed by atoms with Gasteiger partial charge in [0.15, 0.2) is 0 Å². The molecule has 1 heterocycles. The van der Waals surface area contributed by atoms with E-state index in [1.54, 1.807) is 6.92 Å². The third-order valence-electron chi connectivity index (χ3n) is 2.73. The monoisotopic (exact) mass is 281 g/mol. The van der Waals surface area contributed by atoms with Gasteiger partial charge < -0.3 is 9.73 Å². The topological polar surface area (TPSA) is 51.0 Å². The molecule has 0 saturated heterocycles. The molecule has 0 radical (unpaired) electrons. The van der Waals surface area contributed by atoms with Crippen molar-refractivity contribution >= 4 is 0 Å². The summed E-state index contributed by atoms with van der Waals surface area (Å²) in [5, 5.41) is 10.7. The van der Waals surface area contributed by atoms with Gasteiger partial charge in [0.2, 0.25) is 5.89 Å². The van der Waals surface area contributed by atoms with E-state index in [-0.39, 0.29) is 22.9 Å². The molecule has 0 saturated carbocycles. The predicted molar refractivity (Wildman–Crippen MR) is 71.0 cm³/mol. The fraction of sp³-hybridized carbons (Fsp3) is 0.429. The molecule has 1 aromatic heterocycles. The molecule has 0 fully saturated rings. The maximum Gasteiger partial charge on any atom is 0.253 e. The molecule has 0 unspecified atom stereocenters. The van der Waals surface area contributed by atoms with Gasteiger partial charge in [0.1, 0.15) is 17.2 Å². The highest BCUT2D eigenvalue weighted by molar-refractivity contribution is 5.56. The van der Waals surface area contributed by atoms with Crippen LogP contribution in [0.5, 0.6) is 0 Å². The summed E-state index contributed by atoms with van der Waals surface area (Å²) in [7, 11) is 0. The van der Waals surface area contributed by atoms with Gasteiger partial charge in [-0.2, -0.15) is 0 Å². The average Bonchev–Trinajstić information content (AvgIpc) is 2.80. The van der Waals surface area contributed by atoms with Crippen molar-refractivity contribution in [2.45, 2.75) is 39.8 Å². The third-order valence-corrected chi connectivity index (χ3v) is 2.73. The van der Waals surface area contributed by atoms with Crippen LogP contribution in [0.1, 0.15) is 32.2 Å². The second kappa shape index (κ2) is 5.28. The van der Waals surface area contributed by atoms with Gasteiger partial charge in [0, 0.05) is 5.54 Å². The van der Waals surface area contributed by atoms with Crippen molar-refractivity contribution in [1.29, 1.82) is 0 Å². The molecule has 0 aliphatic carbocycles. The zero-order chi connectivity index (χ0) is 14.9. The third kappa shape index (κ3) is 3.19. The predicted octanol–water partition coefficient (Wildman–Crippen LogP) is 3.21. The maximum absolute atomic E-state index is 13.9. The van der Waals surface area contributed by atoms with Crippen molar-refractivity contribution in [3.05, 3.63) is 35.2 Å². The van der Waals surface area contributed by atoms with E-state index in [1.165, 1.54) is 12.1 Å². The highest BCUT2D eigenvalue weighted by atomic mass is 19.1. The SMILES string of the molecule is Cc1ccc(F)c(-c2nnc(CNC(C)(C)C)o2)c1F. The molecule has 1 aromatic carbocycles. The van der Waals surface area contributed by atoms with Crippen molar-refractivity contribution in [3.63, 3.8) is 0 Å². The van der Waals surface area contributed by atoms with E-state index in [2.05, 4.69) is 15.5 Å². The first-order valence-electron chi connectivity index (χ1n) is 6.30. The summed E-state index contributed by atoms with van der Waals surface area (Å²) in [5.41, 5.74) is -0.0671. The fourth-order valence-electron chi connectivity index (χ4n) is 1.62. The number of nitrogens with one attached hydrogen (secondary N) is 1. The minimum Gasteiger partial charge on any atom is -0.419 e. The largest absolute Gasteiger partial charge is 0.419 e. The van der Waals surface area contributed by atoms with E-state index in [0.717, 1.165) is 0 Å². The first-order chi connectivity index (χ1) is 9.28. The molecule has 0 aliphatic heterocycles. The van der Waals surface area contributed by atoms with Crippen molar-refractivity contribution in [2.24, 2.45) is 0 Å². The van der Waals surface area contributed by atoms with Gasteiger partial charge in [-0.3, -0.25) is 0 Å². The zero-order valence-electron chi connectivity index (χ0n) is 11.9. The highest BCUT2D eigenvalue weighted by Gasteiger charge is 2.20. The summed E-state index contributed by atoms with van der Waals surface area (Å²) < 4.78 is 33.0. The number of rotatable bonds is 3. The van der Waals surface area contributed by atoms with Crippen molar-refractivity contribution in [1.82, 2.24) is 15.5 Å². The summed E-state index contributed by atoms with van der Waals surface area (Å²) in [6, 6.07) is 2.55. The molecular weight excluding hydrogens is 264 g/mol. The minimum absolute atomic E-state index is 0.117. The lowest BCUT2D eigenvalue weighted by atomic mass is 10.1. The molecular formula is C14H17F2N3O. The van der Waals surface area contributed by atoms with Gasteiger partial charge >= 0.3 is 0 Å². The van der Waals surface area contributed by atoms with Crippen LogP contribution in [0, 0.1) is 18.6 Å². The molecule has 0 amide bonds. The van der Waals surface area contributed by atoms with Gasteiger partial charge in [0.25, 0.3) is 5.89 Å². The van der Waals surface area contributed by atoms with Crippen LogP contribution in [-0.2, 0) is 6.54 Å². The first kappa shape index (κ1) is 14.6. The van der Waals surface area contributed by atoms with Crippen LogP contribution in [0.25, 0.3) is 11.5 Å². The lowest BCUT2D eigenvalue weighted by Crippen LogP contribution is -2.35. The fourth-order valence-corrected chi connectivity index (χ4v) is 1.62. The Kier molecular flexibility index (Phi) is 3.85. The van der Waals surface area contributed by atoms with Gasteiger partial charge in [-0.25, -0.2) is 8.78 Å². The summed E-state index contributed by atoms with van der Waals surface area (Å²) in [5.74, 6) is -1.25. The van der Waals surface area contributed by atoms with E-state index in [1.807, 2.05) is 20.8 Å². The quantitative estimate of drug-likeness (QED) is 0.938. The Labute approximate surface area is 116 Å². The number of hydrogen-bond acceptors (Lipinski definition) is 4. The smallest absolute Gasteiger partial charge is 0.253 e. The molecule has 0 aliphatic rings. The van der Waals surface area contributed by atoms with Crippen LogP contribution in [0.3, 0.4) is 0 Å². The Bertz CT molecular complexity index is 617. The lowest BCUT2D eigenvalue weighted by Gasteiger charge is -2.18. The number of aryl methyl sites for hydroxylation is 1. The minimum atomic E-state index is -0.716. The van der Waals surface area contributed by atoms with Gasteiger partial charge in [0.05, 0.1) is 6.54 Å². The number of hydrogen-bond donors (Lipinski definition) is 1. The Morgan fingerprint density at radius 2 is 1.90 bits per heavy atom. The molecule has 1 N–H and O–H groups in total. The second-order valence-electron chi connectivity index (χ2n) is 5.66. The summed E-state index contributed by atoms with van der Waals surface area (Å²) >= 11 is 0. The van der Waals surface area contributed by atoms with Gasteiger partial charge in [-0.15, -0.1) is 10.2 Å². The van der Waals surface area contributed by atoms with Crippen molar-refractivity contribution in [2.75, 3.05) is 0 Å². The van der Waals surface area contributed by atoms with Gasteiger partial charge in [-0.1, -0.05) is 6.07 Å². The van der Waals surface area contributed by atoms with Crippen LogP contribution in [-0.4, -0.2) is 15.7 Å². The molecule has 0 spiro atoms. The molecule has 6 heteroatoms. The number of halogens is 2. The van der Waals surface area contributed by atoms with Crippen LogP contribution in [0.15, 0.2) is 16.5 Å². The normalized spacial score (nSPS) is 11.9. The van der Waals surface area contributed by atoms with E-state index in [4.69, 9.17) is 4.42 Å². The first-order valence-corrected chi connectivity index (χ1v) is 6.30. The zero-order valence-corrected chi connectivity index (χ0v) is 11.9. The van der Waals surface area contributed by atoms with E-state index >= 15 is 0 Å². The summed E-state index contributed by atoms with van der Waals surface area (Å²) in [4.78, 5) is 0. The van der Waals surface area contributed by atoms with Crippen LogP contribution >= 0.6 is 0 Å². The maximum atomic E-state index is 13.9. The Balaban J connectivity index is 2.28. The van der Waals surface area contributed by atoms with Crippen LogP contribution < -0.4 is 5.32 Å². The highest BCUT2D eigenvalue weighted by Crippen LogP contribution is 2.26.